The largest absolute Gasteiger partial charge is 0.377 e. The molecule has 18 heavy (non-hydrogen) atoms. The van der Waals surface area contributed by atoms with Crippen molar-refractivity contribution in [1.29, 1.82) is 0 Å². The van der Waals surface area contributed by atoms with E-state index in [1.54, 1.807) is 12.1 Å². The summed E-state index contributed by atoms with van der Waals surface area (Å²) in [5.74, 6) is 0. The van der Waals surface area contributed by atoms with Crippen molar-refractivity contribution in [3.63, 3.8) is 0 Å². The van der Waals surface area contributed by atoms with E-state index in [2.05, 4.69) is 5.32 Å². The van der Waals surface area contributed by atoms with Gasteiger partial charge in [0.1, 0.15) is 5.69 Å². The quantitative estimate of drug-likeness (QED) is 0.661. The summed E-state index contributed by atoms with van der Waals surface area (Å²) in [7, 11) is 0. The summed E-state index contributed by atoms with van der Waals surface area (Å²) >= 11 is 0. The molecule has 0 saturated carbocycles. The van der Waals surface area contributed by atoms with E-state index in [1.807, 2.05) is 19.9 Å². The lowest BCUT2D eigenvalue weighted by Gasteiger charge is -2.33. The minimum absolute atomic E-state index is 0.129. The first kappa shape index (κ1) is 12.8. The Morgan fingerprint density at radius 3 is 2.50 bits per heavy atom. The van der Waals surface area contributed by atoms with Gasteiger partial charge in [0.2, 0.25) is 0 Å². The zero-order chi connectivity index (χ0) is 13.1. The minimum atomic E-state index is -0.353. The van der Waals surface area contributed by atoms with E-state index in [9.17, 15) is 10.1 Å². The Balaban J connectivity index is 2.11. The lowest BCUT2D eigenvalue weighted by molar-refractivity contribution is -0.384. The van der Waals surface area contributed by atoms with Crippen molar-refractivity contribution in [3.8, 4) is 0 Å². The number of hydrogen-bond acceptors (Lipinski definition) is 4. The average molecular weight is 250 g/mol. The molecule has 2 unspecified atom stereocenters. The number of nitrogens with zero attached hydrogens (tertiary/aromatic N) is 1. The van der Waals surface area contributed by atoms with Crippen molar-refractivity contribution in [3.05, 3.63) is 34.4 Å². The predicted octanol–water partition coefficient (Wildman–Crippen LogP) is 2.96. The molecule has 0 bridgehead atoms. The van der Waals surface area contributed by atoms with Crippen molar-refractivity contribution in [2.24, 2.45) is 0 Å². The SMILES string of the molecule is CC1CC(Nc2ccccc2[N+](=O)[O-])CC(C)O1. The standard InChI is InChI=1S/C13H18N2O3/c1-9-7-11(8-10(2)18-9)14-12-5-3-4-6-13(12)15(16)17/h3-6,9-11,14H,7-8H2,1-2H3. The Kier molecular flexibility index (Phi) is 3.81. The molecule has 5 heteroatoms. The van der Waals surface area contributed by atoms with Crippen LogP contribution in [0.4, 0.5) is 11.4 Å². The molecule has 98 valence electrons. The lowest BCUT2D eigenvalue weighted by Crippen LogP contribution is -2.37. The molecule has 1 aliphatic heterocycles. The van der Waals surface area contributed by atoms with Gasteiger partial charge < -0.3 is 10.1 Å². The van der Waals surface area contributed by atoms with Gasteiger partial charge in [-0.15, -0.1) is 0 Å². The first-order valence-electron chi connectivity index (χ1n) is 6.21. The highest BCUT2D eigenvalue weighted by atomic mass is 16.6. The summed E-state index contributed by atoms with van der Waals surface area (Å²) < 4.78 is 5.66. The highest BCUT2D eigenvalue weighted by Gasteiger charge is 2.25. The van der Waals surface area contributed by atoms with Gasteiger partial charge in [-0.05, 0) is 32.8 Å². The van der Waals surface area contributed by atoms with Crippen molar-refractivity contribution in [1.82, 2.24) is 0 Å². The Labute approximate surface area is 106 Å². The maximum atomic E-state index is 10.9. The minimum Gasteiger partial charge on any atom is -0.377 e. The van der Waals surface area contributed by atoms with Crippen molar-refractivity contribution < 1.29 is 9.66 Å². The van der Waals surface area contributed by atoms with Crippen LogP contribution in [0.5, 0.6) is 0 Å². The number of nitro groups is 1. The predicted molar refractivity (Wildman–Crippen MR) is 69.8 cm³/mol. The molecule has 1 N–H and O–H groups in total. The summed E-state index contributed by atoms with van der Waals surface area (Å²) in [6.07, 6.45) is 2.12. The molecule has 0 radical (unpaired) electrons. The van der Waals surface area contributed by atoms with E-state index in [-0.39, 0.29) is 28.9 Å². The smallest absolute Gasteiger partial charge is 0.292 e. The molecule has 1 aliphatic rings. The zero-order valence-electron chi connectivity index (χ0n) is 10.6. The molecule has 0 aromatic heterocycles. The van der Waals surface area contributed by atoms with Crippen LogP contribution in [-0.2, 0) is 4.74 Å². The number of ether oxygens (including phenoxy) is 1. The maximum Gasteiger partial charge on any atom is 0.292 e. The Hall–Kier alpha value is -1.62. The maximum absolute atomic E-state index is 10.9. The number of anilines is 1. The zero-order valence-corrected chi connectivity index (χ0v) is 10.6. The Morgan fingerprint density at radius 1 is 1.28 bits per heavy atom. The second kappa shape index (κ2) is 5.35. The number of nitro benzene ring substituents is 1. The normalized spacial score (nSPS) is 27.8. The Bertz CT molecular complexity index is 426. The van der Waals surface area contributed by atoms with Crippen LogP contribution < -0.4 is 5.32 Å². The molecule has 1 aromatic rings. The number of nitrogens with one attached hydrogen (secondary N) is 1. The Morgan fingerprint density at radius 2 is 1.89 bits per heavy atom. The van der Waals surface area contributed by atoms with Crippen molar-refractivity contribution >= 4 is 11.4 Å². The summed E-state index contributed by atoms with van der Waals surface area (Å²) in [5, 5.41) is 14.2. The average Bonchev–Trinajstić information content (AvgIpc) is 2.27. The second-order valence-corrected chi connectivity index (χ2v) is 4.84. The summed E-state index contributed by atoms with van der Waals surface area (Å²) in [6.45, 7) is 4.06. The topological polar surface area (TPSA) is 64.4 Å². The lowest BCUT2D eigenvalue weighted by atomic mass is 9.99. The van der Waals surface area contributed by atoms with Gasteiger partial charge in [0.05, 0.1) is 17.1 Å². The summed E-state index contributed by atoms with van der Waals surface area (Å²) in [4.78, 5) is 10.6. The fourth-order valence-electron chi connectivity index (χ4n) is 2.50. The van der Waals surface area contributed by atoms with Crippen LogP contribution in [0.2, 0.25) is 0 Å². The van der Waals surface area contributed by atoms with Gasteiger partial charge in [0, 0.05) is 12.1 Å². The van der Waals surface area contributed by atoms with Crippen LogP contribution in [0.25, 0.3) is 0 Å². The van der Waals surface area contributed by atoms with Gasteiger partial charge in [0.15, 0.2) is 0 Å². The molecule has 5 nitrogen and oxygen atoms in total. The first-order chi connectivity index (χ1) is 8.56. The van der Waals surface area contributed by atoms with E-state index in [4.69, 9.17) is 4.74 Å². The third kappa shape index (κ3) is 2.98. The van der Waals surface area contributed by atoms with Crippen molar-refractivity contribution in [2.75, 3.05) is 5.32 Å². The molecule has 0 spiro atoms. The van der Waals surface area contributed by atoms with E-state index in [1.165, 1.54) is 6.07 Å². The summed E-state index contributed by atoms with van der Waals surface area (Å²) in [5.41, 5.74) is 0.720. The van der Waals surface area contributed by atoms with Crippen LogP contribution in [0.15, 0.2) is 24.3 Å². The van der Waals surface area contributed by atoms with Gasteiger partial charge in [-0.2, -0.15) is 0 Å². The molecule has 0 amide bonds. The monoisotopic (exact) mass is 250 g/mol. The number of para-hydroxylation sites is 2. The third-order valence-electron chi connectivity index (χ3n) is 3.16. The van der Waals surface area contributed by atoms with Crippen molar-refractivity contribution in [2.45, 2.75) is 44.9 Å². The number of benzene rings is 1. The molecule has 1 heterocycles. The van der Waals surface area contributed by atoms with Gasteiger partial charge >= 0.3 is 0 Å². The number of rotatable bonds is 3. The highest BCUT2D eigenvalue weighted by Crippen LogP contribution is 2.28. The first-order valence-corrected chi connectivity index (χ1v) is 6.21. The van der Waals surface area contributed by atoms with Crippen LogP contribution >= 0.6 is 0 Å². The molecule has 2 atom stereocenters. The molecular weight excluding hydrogens is 232 g/mol. The fraction of sp³-hybridized carbons (Fsp3) is 0.538. The second-order valence-electron chi connectivity index (χ2n) is 4.84. The van der Waals surface area contributed by atoms with E-state index < -0.39 is 0 Å². The van der Waals surface area contributed by atoms with Gasteiger partial charge in [-0.3, -0.25) is 10.1 Å². The van der Waals surface area contributed by atoms with Gasteiger partial charge in [-0.1, -0.05) is 12.1 Å². The van der Waals surface area contributed by atoms with Crippen LogP contribution in [0, 0.1) is 10.1 Å². The van der Waals surface area contributed by atoms with Crippen LogP contribution in [0.3, 0.4) is 0 Å². The fourth-order valence-corrected chi connectivity index (χ4v) is 2.50. The van der Waals surface area contributed by atoms with E-state index >= 15 is 0 Å². The number of hydrogen-bond donors (Lipinski definition) is 1. The molecule has 1 aromatic carbocycles. The van der Waals surface area contributed by atoms with Crippen LogP contribution in [-0.4, -0.2) is 23.2 Å². The molecular formula is C13H18N2O3. The molecule has 1 saturated heterocycles. The van der Waals surface area contributed by atoms with Gasteiger partial charge in [-0.25, -0.2) is 0 Å². The van der Waals surface area contributed by atoms with Gasteiger partial charge in [0.25, 0.3) is 5.69 Å². The third-order valence-corrected chi connectivity index (χ3v) is 3.16. The van der Waals surface area contributed by atoms with Crippen LogP contribution in [0.1, 0.15) is 26.7 Å². The summed E-state index contributed by atoms with van der Waals surface area (Å²) in [6, 6.07) is 6.99. The molecule has 2 rings (SSSR count). The molecule has 1 fully saturated rings. The van der Waals surface area contributed by atoms with E-state index in [0.29, 0.717) is 5.69 Å². The van der Waals surface area contributed by atoms with E-state index in [0.717, 1.165) is 12.8 Å². The molecule has 0 aliphatic carbocycles. The highest BCUT2D eigenvalue weighted by molar-refractivity contribution is 5.61.